The number of hydrogen-bond donors (Lipinski definition) is 1. The number of carbonyl (C=O) groups excluding carboxylic acids is 1. The standard InChI is InChI=1S/C14H16F2N4O2/c1-19(7-10(21)8-2-3-8)14(22)9-4-5-11-17-18-13(12(15)16)20(11)6-9/h4-6,8,10,12,21H,2-3,7H2,1H3. The SMILES string of the molecule is CN(CC(O)C1CC1)C(=O)c1ccc2nnc(C(F)F)n2c1. The molecular formula is C14H16F2N4O2. The summed E-state index contributed by atoms with van der Waals surface area (Å²) < 4.78 is 26.8. The molecule has 1 fully saturated rings. The van der Waals surface area contributed by atoms with Crippen molar-refractivity contribution in [2.24, 2.45) is 5.92 Å². The van der Waals surface area contributed by atoms with Crippen molar-refractivity contribution in [3.05, 3.63) is 29.7 Å². The summed E-state index contributed by atoms with van der Waals surface area (Å²) in [5.41, 5.74) is 0.507. The van der Waals surface area contributed by atoms with E-state index in [4.69, 9.17) is 0 Å². The molecule has 1 saturated carbocycles. The first kappa shape index (κ1) is 14.8. The van der Waals surface area contributed by atoms with Crippen LogP contribution in [0.5, 0.6) is 0 Å². The summed E-state index contributed by atoms with van der Waals surface area (Å²) in [6.07, 6.45) is -0.0422. The average Bonchev–Trinajstić information content (AvgIpc) is 3.25. The van der Waals surface area contributed by atoms with Gasteiger partial charge in [-0.2, -0.15) is 0 Å². The number of carbonyl (C=O) groups is 1. The summed E-state index contributed by atoms with van der Waals surface area (Å²) in [5, 5.41) is 16.9. The summed E-state index contributed by atoms with van der Waals surface area (Å²) in [6.45, 7) is 0.228. The van der Waals surface area contributed by atoms with Gasteiger partial charge in [0.2, 0.25) is 5.82 Å². The fraction of sp³-hybridized carbons (Fsp3) is 0.500. The topological polar surface area (TPSA) is 70.7 Å². The monoisotopic (exact) mass is 310 g/mol. The van der Waals surface area contributed by atoms with Crippen molar-refractivity contribution in [3.8, 4) is 0 Å². The highest BCUT2D eigenvalue weighted by Gasteiger charge is 2.31. The Morgan fingerprint density at radius 3 is 2.82 bits per heavy atom. The third-order valence-electron chi connectivity index (χ3n) is 3.84. The zero-order valence-electron chi connectivity index (χ0n) is 12.0. The lowest BCUT2D eigenvalue weighted by Gasteiger charge is -2.20. The van der Waals surface area contributed by atoms with Crippen LogP contribution in [0.15, 0.2) is 18.3 Å². The highest BCUT2D eigenvalue weighted by molar-refractivity contribution is 5.94. The number of nitrogens with zero attached hydrogens (tertiary/aromatic N) is 4. The molecule has 1 atom stereocenters. The molecule has 2 aromatic rings. The van der Waals surface area contributed by atoms with Crippen molar-refractivity contribution in [1.82, 2.24) is 19.5 Å². The van der Waals surface area contributed by atoms with E-state index in [1.165, 1.54) is 23.2 Å². The van der Waals surface area contributed by atoms with Crippen LogP contribution in [0.1, 0.15) is 35.4 Å². The van der Waals surface area contributed by atoms with Gasteiger partial charge < -0.3 is 10.0 Å². The predicted octanol–water partition coefficient (Wildman–Crippen LogP) is 1.51. The summed E-state index contributed by atoms with van der Waals surface area (Å²) in [7, 11) is 1.58. The number of amides is 1. The predicted molar refractivity (Wildman–Crippen MR) is 73.6 cm³/mol. The molecule has 0 aliphatic heterocycles. The third-order valence-corrected chi connectivity index (χ3v) is 3.84. The molecule has 0 radical (unpaired) electrons. The number of halogens is 2. The quantitative estimate of drug-likeness (QED) is 0.909. The lowest BCUT2D eigenvalue weighted by molar-refractivity contribution is 0.0644. The Kier molecular flexibility index (Phi) is 3.78. The molecule has 3 rings (SSSR count). The van der Waals surface area contributed by atoms with E-state index in [9.17, 15) is 18.7 Å². The lowest BCUT2D eigenvalue weighted by Crippen LogP contribution is -2.35. The van der Waals surface area contributed by atoms with E-state index in [0.29, 0.717) is 0 Å². The van der Waals surface area contributed by atoms with Gasteiger partial charge in [0.15, 0.2) is 5.65 Å². The van der Waals surface area contributed by atoms with Crippen molar-refractivity contribution < 1.29 is 18.7 Å². The number of alkyl halides is 2. The molecule has 6 nitrogen and oxygen atoms in total. The third kappa shape index (κ3) is 2.78. The van der Waals surface area contributed by atoms with E-state index in [2.05, 4.69) is 10.2 Å². The molecule has 2 heterocycles. The van der Waals surface area contributed by atoms with Crippen LogP contribution in [-0.4, -0.2) is 50.2 Å². The van der Waals surface area contributed by atoms with Crippen LogP contribution in [0.25, 0.3) is 5.65 Å². The van der Waals surface area contributed by atoms with E-state index in [1.54, 1.807) is 7.05 Å². The molecule has 1 amide bonds. The van der Waals surface area contributed by atoms with Gasteiger partial charge in [-0.05, 0) is 30.9 Å². The molecule has 0 aromatic carbocycles. The van der Waals surface area contributed by atoms with E-state index < -0.39 is 18.4 Å². The van der Waals surface area contributed by atoms with Crippen LogP contribution >= 0.6 is 0 Å². The second-order valence-electron chi connectivity index (χ2n) is 5.60. The Morgan fingerprint density at radius 2 is 2.18 bits per heavy atom. The second kappa shape index (κ2) is 5.60. The number of fused-ring (bicyclic) bond motifs is 1. The molecular weight excluding hydrogens is 294 g/mol. The fourth-order valence-corrected chi connectivity index (χ4v) is 2.40. The highest BCUT2D eigenvalue weighted by Crippen LogP contribution is 2.32. The Balaban J connectivity index is 1.82. The first-order valence-corrected chi connectivity index (χ1v) is 7.03. The summed E-state index contributed by atoms with van der Waals surface area (Å²) >= 11 is 0. The fourth-order valence-electron chi connectivity index (χ4n) is 2.40. The molecule has 0 bridgehead atoms. The molecule has 1 aliphatic rings. The zero-order chi connectivity index (χ0) is 15.9. The van der Waals surface area contributed by atoms with Crippen LogP contribution in [0.4, 0.5) is 8.78 Å². The van der Waals surface area contributed by atoms with E-state index in [1.807, 2.05) is 0 Å². The Hall–Kier alpha value is -2.09. The lowest BCUT2D eigenvalue weighted by atomic mass is 10.2. The second-order valence-corrected chi connectivity index (χ2v) is 5.60. The maximum atomic E-state index is 12.8. The van der Waals surface area contributed by atoms with E-state index in [-0.39, 0.29) is 29.6 Å². The minimum absolute atomic E-state index is 0.228. The minimum Gasteiger partial charge on any atom is -0.391 e. The van der Waals surface area contributed by atoms with Gasteiger partial charge >= 0.3 is 0 Å². The van der Waals surface area contributed by atoms with Gasteiger partial charge in [0.1, 0.15) is 0 Å². The molecule has 0 spiro atoms. The first-order valence-electron chi connectivity index (χ1n) is 7.03. The van der Waals surface area contributed by atoms with Gasteiger partial charge in [-0.1, -0.05) is 0 Å². The van der Waals surface area contributed by atoms with Gasteiger partial charge in [-0.3, -0.25) is 9.20 Å². The Morgan fingerprint density at radius 1 is 1.45 bits per heavy atom. The Labute approximate surface area is 125 Å². The molecule has 22 heavy (non-hydrogen) atoms. The highest BCUT2D eigenvalue weighted by atomic mass is 19.3. The number of likely N-dealkylation sites (N-methyl/N-ethyl adjacent to an activating group) is 1. The van der Waals surface area contributed by atoms with Gasteiger partial charge in [-0.15, -0.1) is 10.2 Å². The van der Waals surface area contributed by atoms with Crippen molar-refractivity contribution in [3.63, 3.8) is 0 Å². The van der Waals surface area contributed by atoms with Gasteiger partial charge in [0, 0.05) is 19.8 Å². The molecule has 2 aromatic heterocycles. The van der Waals surface area contributed by atoms with Crippen molar-refractivity contribution in [1.29, 1.82) is 0 Å². The molecule has 118 valence electrons. The molecule has 1 N–H and O–H groups in total. The van der Waals surface area contributed by atoms with Crippen LogP contribution in [0.2, 0.25) is 0 Å². The van der Waals surface area contributed by atoms with Crippen LogP contribution in [0, 0.1) is 5.92 Å². The number of aliphatic hydroxyl groups excluding tert-OH is 1. The zero-order valence-corrected chi connectivity index (χ0v) is 12.0. The largest absolute Gasteiger partial charge is 0.391 e. The Bertz CT molecular complexity index is 699. The molecule has 1 unspecified atom stereocenters. The van der Waals surface area contributed by atoms with E-state index in [0.717, 1.165) is 17.2 Å². The maximum Gasteiger partial charge on any atom is 0.297 e. The van der Waals surface area contributed by atoms with Crippen molar-refractivity contribution >= 4 is 11.6 Å². The van der Waals surface area contributed by atoms with Gasteiger partial charge in [-0.25, -0.2) is 8.78 Å². The average molecular weight is 310 g/mol. The normalized spacial score (nSPS) is 16.2. The van der Waals surface area contributed by atoms with Crippen LogP contribution in [-0.2, 0) is 0 Å². The molecule has 8 heteroatoms. The van der Waals surface area contributed by atoms with Crippen molar-refractivity contribution in [2.45, 2.75) is 25.4 Å². The van der Waals surface area contributed by atoms with Gasteiger partial charge in [0.25, 0.3) is 12.3 Å². The van der Waals surface area contributed by atoms with Crippen molar-refractivity contribution in [2.75, 3.05) is 13.6 Å². The van der Waals surface area contributed by atoms with E-state index >= 15 is 0 Å². The van der Waals surface area contributed by atoms with Gasteiger partial charge in [0.05, 0.1) is 11.7 Å². The first-order chi connectivity index (χ1) is 10.5. The number of aliphatic hydroxyl groups is 1. The summed E-state index contributed by atoms with van der Waals surface area (Å²) in [6, 6.07) is 2.98. The number of rotatable bonds is 5. The molecule has 1 aliphatic carbocycles. The maximum absolute atomic E-state index is 12.8. The smallest absolute Gasteiger partial charge is 0.297 e. The minimum atomic E-state index is -2.77. The number of hydrogen-bond acceptors (Lipinski definition) is 4. The van der Waals surface area contributed by atoms with Crippen LogP contribution < -0.4 is 0 Å². The summed E-state index contributed by atoms with van der Waals surface area (Å²) in [4.78, 5) is 13.7. The number of pyridine rings is 1. The molecule has 0 saturated heterocycles. The van der Waals surface area contributed by atoms with Crippen LogP contribution in [0.3, 0.4) is 0 Å². The number of aromatic nitrogens is 3. The summed E-state index contributed by atoms with van der Waals surface area (Å²) in [5.74, 6) is -0.568.